The first-order valence-corrected chi connectivity index (χ1v) is 40.9. The summed E-state index contributed by atoms with van der Waals surface area (Å²) >= 11 is 0. The van der Waals surface area contributed by atoms with Gasteiger partial charge in [0.15, 0.2) is 12.2 Å². The van der Waals surface area contributed by atoms with Crippen molar-refractivity contribution in [2.75, 3.05) is 39.6 Å². The van der Waals surface area contributed by atoms with E-state index in [1.165, 1.54) is 128 Å². The van der Waals surface area contributed by atoms with Gasteiger partial charge in [0.05, 0.1) is 26.4 Å². The molecule has 17 nitrogen and oxygen atoms in total. The van der Waals surface area contributed by atoms with Gasteiger partial charge in [0.1, 0.15) is 19.3 Å². The van der Waals surface area contributed by atoms with E-state index in [0.29, 0.717) is 25.7 Å². The Balaban J connectivity index is 5.31. The molecule has 94 heavy (non-hydrogen) atoms. The molecule has 0 aromatic rings. The lowest BCUT2D eigenvalue weighted by atomic mass is 10.0. The van der Waals surface area contributed by atoms with Crippen molar-refractivity contribution in [2.45, 2.75) is 367 Å². The zero-order valence-corrected chi connectivity index (χ0v) is 61.7. The first kappa shape index (κ1) is 91.0. The largest absolute Gasteiger partial charge is 0.472 e. The number of hydrogen-bond acceptors (Lipinski definition) is 15. The summed E-state index contributed by atoms with van der Waals surface area (Å²) in [6.07, 6.45) is 63.8. The summed E-state index contributed by atoms with van der Waals surface area (Å²) in [6, 6.07) is 0. The van der Waals surface area contributed by atoms with Crippen LogP contribution in [0.25, 0.3) is 0 Å². The summed E-state index contributed by atoms with van der Waals surface area (Å²) in [5.41, 5.74) is 0. The molecule has 5 unspecified atom stereocenters. The fourth-order valence-corrected chi connectivity index (χ4v) is 12.0. The highest BCUT2D eigenvalue weighted by Crippen LogP contribution is 2.45. The van der Waals surface area contributed by atoms with Crippen molar-refractivity contribution < 1.29 is 80.2 Å². The standard InChI is InChI=1S/C75H138O17P2/c1-5-9-13-17-21-25-29-33-34-38-40-44-48-52-56-60-73(78)86-66-71(92-75(80)62-58-54-50-46-42-37-32-28-24-20-16-12-8-4)68-90-94(83,84)88-64-69(76)63-87-93(81,82)89-67-70(91-74(79)61-57-53-49-45-41-36-31-27-23-19-15-11-7-3)65-85-72(77)59-55-51-47-43-39-35-30-26-22-18-14-10-6-2/h16,20-21,25,28,32-34,69-71,76H,5-15,17-19,22-24,26-27,29-31,35-68H2,1-4H3,(H,81,82)(H,83,84)/b20-16-,25-21-,32-28-,34-33-. The van der Waals surface area contributed by atoms with Crippen LogP contribution in [0.4, 0.5) is 0 Å². The van der Waals surface area contributed by atoms with Crippen molar-refractivity contribution >= 4 is 39.5 Å². The maximum Gasteiger partial charge on any atom is 0.472 e. The van der Waals surface area contributed by atoms with Crippen molar-refractivity contribution in [2.24, 2.45) is 0 Å². The summed E-state index contributed by atoms with van der Waals surface area (Å²) in [5, 5.41) is 10.6. The SMILES string of the molecule is CCC/C=C\C/C=C\CCCCCCCC(=O)OC(COC(=O)CCCCCCC/C=C\C/C=C\CCCCC)COP(=O)(O)OCC(O)COP(=O)(O)OCC(COC(=O)CCCCCCCCCCCCCCC)OC(=O)CCCCCCCCCCCCCCC. The Kier molecular flexibility index (Phi) is 66.4. The molecule has 550 valence electrons. The van der Waals surface area contributed by atoms with E-state index in [2.05, 4.69) is 76.3 Å². The highest BCUT2D eigenvalue weighted by Gasteiger charge is 2.30. The van der Waals surface area contributed by atoms with Crippen LogP contribution < -0.4 is 0 Å². The lowest BCUT2D eigenvalue weighted by Crippen LogP contribution is -2.30. The van der Waals surface area contributed by atoms with Crippen LogP contribution in [0.3, 0.4) is 0 Å². The van der Waals surface area contributed by atoms with Gasteiger partial charge in [-0.25, -0.2) is 9.13 Å². The van der Waals surface area contributed by atoms with Crippen LogP contribution in [0.5, 0.6) is 0 Å². The zero-order valence-electron chi connectivity index (χ0n) is 59.9. The lowest BCUT2D eigenvalue weighted by Gasteiger charge is -2.21. The monoisotopic (exact) mass is 1370 g/mol. The van der Waals surface area contributed by atoms with E-state index >= 15 is 0 Å². The predicted octanol–water partition coefficient (Wildman–Crippen LogP) is 21.3. The topological polar surface area (TPSA) is 237 Å². The van der Waals surface area contributed by atoms with E-state index in [4.69, 9.17) is 37.0 Å². The van der Waals surface area contributed by atoms with Gasteiger partial charge < -0.3 is 33.8 Å². The quantitative estimate of drug-likeness (QED) is 0.0169. The van der Waals surface area contributed by atoms with Crippen LogP contribution in [0.2, 0.25) is 0 Å². The van der Waals surface area contributed by atoms with Gasteiger partial charge >= 0.3 is 39.5 Å². The van der Waals surface area contributed by atoms with Gasteiger partial charge in [-0.1, -0.05) is 288 Å². The fourth-order valence-electron chi connectivity index (χ4n) is 10.5. The summed E-state index contributed by atoms with van der Waals surface area (Å²) in [4.78, 5) is 72.7. The van der Waals surface area contributed by atoms with Gasteiger partial charge in [-0.2, -0.15) is 0 Å². The predicted molar refractivity (Wildman–Crippen MR) is 381 cm³/mol. The van der Waals surface area contributed by atoms with Crippen LogP contribution in [0, 0.1) is 0 Å². The number of esters is 4. The van der Waals surface area contributed by atoms with Crippen LogP contribution in [-0.2, 0) is 65.4 Å². The molecule has 3 N–H and O–H groups in total. The molecule has 0 fully saturated rings. The summed E-state index contributed by atoms with van der Waals surface area (Å²) in [5.74, 6) is -2.17. The average molecular weight is 1370 g/mol. The normalized spacial score (nSPS) is 14.2. The Morgan fingerprint density at radius 1 is 0.298 bits per heavy atom. The number of carbonyl (C=O) groups excluding carboxylic acids is 4. The number of ether oxygens (including phenoxy) is 4. The smallest absolute Gasteiger partial charge is 0.462 e. The van der Waals surface area contributed by atoms with Crippen LogP contribution in [0.1, 0.15) is 349 Å². The van der Waals surface area contributed by atoms with E-state index < -0.39 is 97.5 Å². The molecule has 19 heteroatoms. The van der Waals surface area contributed by atoms with E-state index in [-0.39, 0.29) is 25.7 Å². The minimum atomic E-state index is -4.97. The van der Waals surface area contributed by atoms with Gasteiger partial charge in [0.25, 0.3) is 0 Å². The number of phosphoric ester groups is 2. The van der Waals surface area contributed by atoms with Gasteiger partial charge in [0, 0.05) is 25.7 Å². The number of rotatable bonds is 72. The molecule has 5 atom stereocenters. The minimum absolute atomic E-state index is 0.0800. The first-order valence-electron chi connectivity index (χ1n) is 37.9. The molecular weight excluding hydrogens is 1230 g/mol. The Hall–Kier alpha value is -2.98. The molecule has 0 aliphatic heterocycles. The molecule has 0 amide bonds. The summed E-state index contributed by atoms with van der Waals surface area (Å²) < 4.78 is 68.4. The summed E-state index contributed by atoms with van der Waals surface area (Å²) in [6.45, 7) is 4.81. The van der Waals surface area contributed by atoms with Crippen molar-refractivity contribution in [1.82, 2.24) is 0 Å². The van der Waals surface area contributed by atoms with Crippen LogP contribution in [-0.4, -0.2) is 96.7 Å². The molecule has 0 aromatic heterocycles. The number of unbranched alkanes of at least 4 members (excludes halogenated alkanes) is 38. The molecule has 0 saturated heterocycles. The Bertz CT molecular complexity index is 1980. The van der Waals surface area contributed by atoms with E-state index in [1.807, 2.05) is 0 Å². The van der Waals surface area contributed by atoms with E-state index in [0.717, 1.165) is 141 Å². The maximum atomic E-state index is 13.0. The molecule has 0 aliphatic rings. The van der Waals surface area contributed by atoms with Gasteiger partial charge in [-0.15, -0.1) is 0 Å². The Labute approximate surface area is 572 Å². The van der Waals surface area contributed by atoms with Crippen molar-refractivity contribution in [3.8, 4) is 0 Å². The molecule has 0 rings (SSSR count). The first-order chi connectivity index (χ1) is 45.7. The highest BCUT2D eigenvalue weighted by atomic mass is 31.2. The molecule has 0 aromatic carbocycles. The lowest BCUT2D eigenvalue weighted by molar-refractivity contribution is -0.161. The molecule has 0 radical (unpaired) electrons. The van der Waals surface area contributed by atoms with E-state index in [1.54, 1.807) is 0 Å². The van der Waals surface area contributed by atoms with E-state index in [9.17, 15) is 43.2 Å². The zero-order chi connectivity index (χ0) is 69.0. The summed E-state index contributed by atoms with van der Waals surface area (Å²) in [7, 11) is -9.93. The van der Waals surface area contributed by atoms with Crippen molar-refractivity contribution in [3.05, 3.63) is 48.6 Å². The third kappa shape index (κ3) is 67.6. The highest BCUT2D eigenvalue weighted by molar-refractivity contribution is 7.47. The van der Waals surface area contributed by atoms with Gasteiger partial charge in [-0.05, 0) is 83.5 Å². The second-order valence-electron chi connectivity index (χ2n) is 25.6. The number of allylic oxidation sites excluding steroid dienone is 8. The maximum absolute atomic E-state index is 13.0. The molecule has 0 aliphatic carbocycles. The fraction of sp³-hybridized carbons (Fsp3) is 0.840. The van der Waals surface area contributed by atoms with Crippen molar-refractivity contribution in [1.29, 1.82) is 0 Å². The number of aliphatic hydroxyl groups excluding tert-OH is 1. The van der Waals surface area contributed by atoms with Gasteiger partial charge in [0.2, 0.25) is 0 Å². The molecule has 0 bridgehead atoms. The number of phosphoric acid groups is 2. The minimum Gasteiger partial charge on any atom is -0.462 e. The van der Waals surface area contributed by atoms with Crippen molar-refractivity contribution in [3.63, 3.8) is 0 Å². The average Bonchev–Trinajstić information content (AvgIpc) is 1.63. The third-order valence-electron chi connectivity index (χ3n) is 16.3. The second-order valence-corrected chi connectivity index (χ2v) is 28.5. The molecular formula is C75H138O17P2. The number of carbonyl (C=O) groups is 4. The Morgan fingerprint density at radius 2 is 0.543 bits per heavy atom. The number of aliphatic hydroxyl groups is 1. The van der Waals surface area contributed by atoms with Gasteiger partial charge in [-0.3, -0.25) is 37.3 Å². The molecule has 0 spiro atoms. The molecule has 0 heterocycles. The number of hydrogen-bond donors (Lipinski definition) is 3. The second kappa shape index (κ2) is 68.5. The van der Waals surface area contributed by atoms with Crippen LogP contribution in [0.15, 0.2) is 48.6 Å². The Morgan fingerprint density at radius 3 is 0.851 bits per heavy atom. The van der Waals surface area contributed by atoms with Crippen LogP contribution >= 0.6 is 15.6 Å². The third-order valence-corrected chi connectivity index (χ3v) is 18.2. The molecule has 0 saturated carbocycles.